The van der Waals surface area contributed by atoms with Gasteiger partial charge < -0.3 is 20.5 Å². The number of carbonyl (C=O) groups is 2. The highest BCUT2D eigenvalue weighted by atomic mass is 16.5. The summed E-state index contributed by atoms with van der Waals surface area (Å²) in [7, 11) is 0. The maximum Gasteiger partial charge on any atom is 0.309 e. The van der Waals surface area contributed by atoms with Crippen molar-refractivity contribution in [2.24, 2.45) is 0 Å². The third kappa shape index (κ3) is 4.72. The first-order chi connectivity index (χ1) is 12.1. The Labute approximate surface area is 147 Å². The standard InChI is InChI=1S/C19H26N2O4/c22-16(13-7-8-17-14(11-13)9-10-25-17)12-20-18(23)19(24)21-15-5-3-1-2-4-6-15/h7-8,11,15-16,22H,1-6,9-10,12H2,(H,20,23)(H,21,24). The van der Waals surface area contributed by atoms with Gasteiger partial charge in [0.2, 0.25) is 0 Å². The van der Waals surface area contributed by atoms with Crippen LogP contribution in [0.5, 0.6) is 5.75 Å². The van der Waals surface area contributed by atoms with Crippen molar-refractivity contribution in [1.82, 2.24) is 10.6 Å². The van der Waals surface area contributed by atoms with Crippen molar-refractivity contribution in [1.29, 1.82) is 0 Å². The molecule has 0 radical (unpaired) electrons. The molecule has 6 heteroatoms. The van der Waals surface area contributed by atoms with Gasteiger partial charge in [-0.2, -0.15) is 0 Å². The molecule has 1 saturated carbocycles. The van der Waals surface area contributed by atoms with Gasteiger partial charge in [0.05, 0.1) is 12.7 Å². The van der Waals surface area contributed by atoms with Crippen LogP contribution in [0, 0.1) is 0 Å². The summed E-state index contributed by atoms with van der Waals surface area (Å²) in [6.07, 6.45) is 6.40. The first kappa shape index (κ1) is 17.7. The molecule has 3 rings (SSSR count). The van der Waals surface area contributed by atoms with Gasteiger partial charge in [-0.05, 0) is 36.1 Å². The molecule has 1 aromatic carbocycles. The van der Waals surface area contributed by atoms with E-state index in [2.05, 4.69) is 10.6 Å². The summed E-state index contributed by atoms with van der Waals surface area (Å²) in [5.74, 6) is -0.447. The maximum absolute atomic E-state index is 12.0. The summed E-state index contributed by atoms with van der Waals surface area (Å²) in [4.78, 5) is 24.0. The Morgan fingerprint density at radius 1 is 1.16 bits per heavy atom. The van der Waals surface area contributed by atoms with Gasteiger partial charge in [0.1, 0.15) is 5.75 Å². The molecule has 25 heavy (non-hydrogen) atoms. The van der Waals surface area contributed by atoms with E-state index in [0.717, 1.165) is 43.4 Å². The summed E-state index contributed by atoms with van der Waals surface area (Å²) >= 11 is 0. The molecular weight excluding hydrogens is 320 g/mol. The fraction of sp³-hybridized carbons (Fsp3) is 0.579. The van der Waals surface area contributed by atoms with Crippen molar-refractivity contribution in [3.63, 3.8) is 0 Å². The van der Waals surface area contributed by atoms with Gasteiger partial charge >= 0.3 is 11.8 Å². The van der Waals surface area contributed by atoms with E-state index in [1.807, 2.05) is 12.1 Å². The van der Waals surface area contributed by atoms with Gasteiger partial charge in [-0.25, -0.2) is 0 Å². The van der Waals surface area contributed by atoms with Crippen LogP contribution >= 0.6 is 0 Å². The largest absolute Gasteiger partial charge is 0.493 e. The number of hydrogen-bond acceptors (Lipinski definition) is 4. The monoisotopic (exact) mass is 346 g/mol. The van der Waals surface area contributed by atoms with E-state index in [9.17, 15) is 14.7 Å². The van der Waals surface area contributed by atoms with E-state index in [1.165, 1.54) is 12.8 Å². The van der Waals surface area contributed by atoms with Gasteiger partial charge in [0, 0.05) is 19.0 Å². The lowest BCUT2D eigenvalue weighted by Gasteiger charge is -2.17. The van der Waals surface area contributed by atoms with Gasteiger partial charge in [-0.3, -0.25) is 9.59 Å². The Hall–Kier alpha value is -2.08. The zero-order valence-electron chi connectivity index (χ0n) is 14.4. The van der Waals surface area contributed by atoms with Crippen LogP contribution in [-0.2, 0) is 16.0 Å². The molecular formula is C19H26N2O4. The van der Waals surface area contributed by atoms with Crippen LogP contribution < -0.4 is 15.4 Å². The fourth-order valence-electron chi connectivity index (χ4n) is 3.48. The van der Waals surface area contributed by atoms with Gasteiger partial charge in [-0.1, -0.05) is 31.7 Å². The average Bonchev–Trinajstić information content (AvgIpc) is 2.94. The zero-order valence-corrected chi connectivity index (χ0v) is 14.4. The normalized spacial score (nSPS) is 18.6. The van der Waals surface area contributed by atoms with E-state index in [-0.39, 0.29) is 12.6 Å². The molecule has 2 aliphatic rings. The molecule has 0 bridgehead atoms. The van der Waals surface area contributed by atoms with Crippen LogP contribution in [0.15, 0.2) is 18.2 Å². The van der Waals surface area contributed by atoms with Crippen molar-refractivity contribution in [2.75, 3.05) is 13.2 Å². The third-order valence-corrected chi connectivity index (χ3v) is 4.95. The molecule has 1 aliphatic heterocycles. The Kier molecular flexibility index (Phi) is 5.91. The quantitative estimate of drug-likeness (QED) is 0.571. The van der Waals surface area contributed by atoms with Gasteiger partial charge in [-0.15, -0.1) is 0 Å². The number of carbonyl (C=O) groups excluding carboxylic acids is 2. The van der Waals surface area contributed by atoms with Crippen LogP contribution in [-0.4, -0.2) is 36.1 Å². The Balaban J connectivity index is 1.46. The van der Waals surface area contributed by atoms with Gasteiger partial charge in [0.25, 0.3) is 0 Å². The zero-order chi connectivity index (χ0) is 17.6. The molecule has 1 aromatic rings. The smallest absolute Gasteiger partial charge is 0.309 e. The van der Waals surface area contributed by atoms with Crippen LogP contribution in [0.1, 0.15) is 55.8 Å². The SMILES string of the molecule is O=C(NCC(O)c1ccc2c(c1)CCO2)C(=O)NC1CCCCCC1. The number of fused-ring (bicyclic) bond motifs is 1. The minimum absolute atomic E-state index is 0.0105. The summed E-state index contributed by atoms with van der Waals surface area (Å²) in [5, 5.41) is 15.6. The highest BCUT2D eigenvalue weighted by molar-refractivity contribution is 6.35. The number of benzene rings is 1. The Bertz CT molecular complexity index is 624. The lowest BCUT2D eigenvalue weighted by Crippen LogP contribution is -2.45. The van der Waals surface area contributed by atoms with Crippen molar-refractivity contribution in [3.05, 3.63) is 29.3 Å². The molecule has 2 amide bonds. The van der Waals surface area contributed by atoms with Crippen LogP contribution in [0.2, 0.25) is 0 Å². The van der Waals surface area contributed by atoms with Crippen LogP contribution in [0.3, 0.4) is 0 Å². The molecule has 1 aliphatic carbocycles. The Morgan fingerprint density at radius 2 is 1.92 bits per heavy atom. The summed E-state index contributed by atoms with van der Waals surface area (Å²) in [6.45, 7) is 0.670. The van der Waals surface area contributed by atoms with E-state index in [4.69, 9.17) is 4.74 Å². The summed E-state index contributed by atoms with van der Waals surface area (Å²) in [6, 6.07) is 5.60. The molecule has 0 aromatic heterocycles. The summed E-state index contributed by atoms with van der Waals surface area (Å²) in [5.41, 5.74) is 1.78. The molecule has 1 heterocycles. The minimum atomic E-state index is -0.847. The number of nitrogens with one attached hydrogen (secondary N) is 2. The first-order valence-electron chi connectivity index (χ1n) is 9.16. The lowest BCUT2D eigenvalue weighted by atomic mass is 10.0. The van der Waals surface area contributed by atoms with Crippen molar-refractivity contribution >= 4 is 11.8 Å². The topological polar surface area (TPSA) is 87.7 Å². The predicted octanol–water partition coefficient (Wildman–Crippen LogP) is 1.61. The average molecular weight is 346 g/mol. The first-order valence-corrected chi connectivity index (χ1v) is 9.16. The molecule has 0 spiro atoms. The van der Waals surface area contributed by atoms with Crippen molar-refractivity contribution in [3.8, 4) is 5.75 Å². The highest BCUT2D eigenvalue weighted by Crippen LogP contribution is 2.28. The van der Waals surface area contributed by atoms with Crippen molar-refractivity contribution < 1.29 is 19.4 Å². The number of ether oxygens (including phenoxy) is 1. The number of aliphatic hydroxyl groups excluding tert-OH is 1. The summed E-state index contributed by atoms with van der Waals surface area (Å²) < 4.78 is 5.44. The third-order valence-electron chi connectivity index (χ3n) is 4.95. The fourth-order valence-corrected chi connectivity index (χ4v) is 3.48. The molecule has 1 atom stereocenters. The maximum atomic E-state index is 12.0. The molecule has 3 N–H and O–H groups in total. The van der Waals surface area contributed by atoms with Crippen LogP contribution in [0.4, 0.5) is 0 Å². The Morgan fingerprint density at radius 3 is 2.68 bits per heavy atom. The number of rotatable bonds is 4. The number of amides is 2. The second kappa shape index (κ2) is 8.34. The van der Waals surface area contributed by atoms with E-state index in [0.29, 0.717) is 12.2 Å². The number of hydrogen-bond donors (Lipinski definition) is 3. The second-order valence-corrected chi connectivity index (χ2v) is 6.85. The van der Waals surface area contributed by atoms with E-state index < -0.39 is 17.9 Å². The lowest BCUT2D eigenvalue weighted by molar-refractivity contribution is -0.139. The van der Waals surface area contributed by atoms with E-state index >= 15 is 0 Å². The van der Waals surface area contributed by atoms with Crippen molar-refractivity contribution in [2.45, 2.75) is 57.1 Å². The minimum Gasteiger partial charge on any atom is -0.493 e. The molecule has 0 saturated heterocycles. The predicted molar refractivity (Wildman–Crippen MR) is 93.2 cm³/mol. The second-order valence-electron chi connectivity index (χ2n) is 6.85. The molecule has 6 nitrogen and oxygen atoms in total. The molecule has 136 valence electrons. The highest BCUT2D eigenvalue weighted by Gasteiger charge is 2.21. The van der Waals surface area contributed by atoms with Crippen LogP contribution in [0.25, 0.3) is 0 Å². The molecule has 1 unspecified atom stereocenters. The molecule has 1 fully saturated rings. The van der Waals surface area contributed by atoms with E-state index in [1.54, 1.807) is 6.07 Å². The number of aliphatic hydroxyl groups is 1. The van der Waals surface area contributed by atoms with Gasteiger partial charge in [0.15, 0.2) is 0 Å².